The van der Waals surface area contributed by atoms with Crippen LogP contribution in [0.3, 0.4) is 0 Å². The number of hydrogen-bond donors (Lipinski definition) is 2. The Hall–Kier alpha value is -1.42. The molecule has 1 aromatic rings. The number of likely N-dealkylation sites (N-methyl/N-ethyl adjacent to an activating group) is 1. The van der Waals surface area contributed by atoms with Crippen molar-refractivity contribution in [2.24, 2.45) is 0 Å². The van der Waals surface area contributed by atoms with E-state index in [1.807, 2.05) is 20.2 Å². The van der Waals surface area contributed by atoms with Gasteiger partial charge in [0.15, 0.2) is 0 Å². The average Bonchev–Trinajstić information content (AvgIpc) is 2.20. The molecule has 4 heteroatoms. The minimum Gasteiger partial charge on any atom is -0.492 e. The van der Waals surface area contributed by atoms with Crippen LogP contribution in [0.5, 0.6) is 5.75 Å². The third-order valence-electron chi connectivity index (χ3n) is 2.86. The molecule has 0 fully saturated rings. The Balaban J connectivity index is 2.65. The molecule has 16 heavy (non-hydrogen) atoms. The maximum atomic E-state index is 5.70. The Morgan fingerprint density at radius 1 is 1.19 bits per heavy atom. The Kier molecular flexibility index (Phi) is 3.65. The van der Waals surface area contributed by atoms with Gasteiger partial charge in [-0.15, -0.1) is 0 Å². The third-order valence-corrected chi connectivity index (χ3v) is 2.86. The molecular weight excluding hydrogens is 202 g/mol. The lowest BCUT2D eigenvalue weighted by atomic mass is 10.1. The largest absolute Gasteiger partial charge is 0.492 e. The topological polar surface area (TPSA) is 64.5 Å². The first-order valence-electron chi connectivity index (χ1n) is 5.28. The van der Waals surface area contributed by atoms with Crippen LogP contribution in [0.25, 0.3) is 0 Å². The maximum absolute atomic E-state index is 5.70. The van der Waals surface area contributed by atoms with Gasteiger partial charge in [0, 0.05) is 11.6 Å². The minimum absolute atomic E-state index is 0.0177. The van der Waals surface area contributed by atoms with E-state index in [0.717, 1.165) is 5.75 Å². The van der Waals surface area contributed by atoms with Gasteiger partial charge in [0.25, 0.3) is 0 Å². The number of nitrogen functional groups attached to an aromatic ring is 2. The van der Waals surface area contributed by atoms with Crippen molar-refractivity contribution in [3.63, 3.8) is 0 Å². The van der Waals surface area contributed by atoms with Crippen molar-refractivity contribution in [3.8, 4) is 5.75 Å². The summed E-state index contributed by atoms with van der Waals surface area (Å²) in [6, 6.07) is 5.34. The summed E-state index contributed by atoms with van der Waals surface area (Å²) >= 11 is 0. The zero-order valence-corrected chi connectivity index (χ0v) is 10.4. The Morgan fingerprint density at radius 3 is 2.31 bits per heavy atom. The van der Waals surface area contributed by atoms with Crippen LogP contribution in [0, 0.1) is 0 Å². The van der Waals surface area contributed by atoms with Crippen LogP contribution in [0.1, 0.15) is 13.8 Å². The van der Waals surface area contributed by atoms with E-state index < -0.39 is 0 Å². The lowest BCUT2D eigenvalue weighted by Gasteiger charge is -2.32. The number of nitrogens with zero attached hydrogens (tertiary/aromatic N) is 1. The molecule has 0 amide bonds. The first kappa shape index (κ1) is 12.6. The van der Waals surface area contributed by atoms with E-state index in [1.165, 1.54) is 0 Å². The van der Waals surface area contributed by atoms with Crippen molar-refractivity contribution in [2.75, 3.05) is 32.2 Å². The van der Waals surface area contributed by atoms with E-state index in [-0.39, 0.29) is 5.54 Å². The van der Waals surface area contributed by atoms with Crippen LogP contribution in [-0.4, -0.2) is 31.1 Å². The summed E-state index contributed by atoms with van der Waals surface area (Å²) in [5, 5.41) is 0. The Morgan fingerprint density at radius 2 is 1.81 bits per heavy atom. The van der Waals surface area contributed by atoms with E-state index in [2.05, 4.69) is 18.7 Å². The molecule has 1 aromatic carbocycles. The molecule has 4 nitrogen and oxygen atoms in total. The third kappa shape index (κ3) is 3.03. The highest BCUT2D eigenvalue weighted by atomic mass is 16.5. The number of nitrogens with two attached hydrogens (primary N) is 2. The molecule has 0 unspecified atom stereocenters. The molecule has 0 aliphatic heterocycles. The van der Waals surface area contributed by atoms with Gasteiger partial charge < -0.3 is 21.1 Å². The van der Waals surface area contributed by atoms with Crippen molar-refractivity contribution in [2.45, 2.75) is 19.4 Å². The summed E-state index contributed by atoms with van der Waals surface area (Å²) in [7, 11) is 4.06. The molecule has 0 radical (unpaired) electrons. The van der Waals surface area contributed by atoms with Gasteiger partial charge in [-0.2, -0.15) is 0 Å². The fraction of sp³-hybridized carbons (Fsp3) is 0.500. The number of hydrogen-bond acceptors (Lipinski definition) is 4. The molecule has 0 aromatic heterocycles. The highest BCUT2D eigenvalue weighted by molar-refractivity contribution is 5.65. The number of anilines is 2. The quantitative estimate of drug-likeness (QED) is 0.760. The molecule has 1 rings (SSSR count). The monoisotopic (exact) mass is 223 g/mol. The van der Waals surface area contributed by atoms with Gasteiger partial charge in [-0.25, -0.2) is 0 Å². The van der Waals surface area contributed by atoms with Crippen LogP contribution >= 0.6 is 0 Å². The smallest absolute Gasteiger partial charge is 0.121 e. The van der Waals surface area contributed by atoms with Gasteiger partial charge in [0.05, 0.1) is 11.4 Å². The molecule has 90 valence electrons. The van der Waals surface area contributed by atoms with E-state index in [0.29, 0.717) is 18.0 Å². The second-order valence-corrected chi connectivity index (χ2v) is 4.79. The second kappa shape index (κ2) is 4.61. The lowest BCUT2D eigenvalue weighted by molar-refractivity contribution is 0.114. The van der Waals surface area contributed by atoms with Crippen molar-refractivity contribution < 1.29 is 4.74 Å². The molecule has 0 saturated carbocycles. The molecule has 4 N–H and O–H groups in total. The lowest BCUT2D eigenvalue weighted by Crippen LogP contribution is -2.43. The highest BCUT2D eigenvalue weighted by Gasteiger charge is 2.21. The fourth-order valence-corrected chi connectivity index (χ4v) is 1.03. The van der Waals surface area contributed by atoms with Gasteiger partial charge in [-0.1, -0.05) is 0 Å². The maximum Gasteiger partial charge on any atom is 0.121 e. The number of rotatable bonds is 4. The summed E-state index contributed by atoms with van der Waals surface area (Å²) in [6.45, 7) is 4.84. The molecule has 0 heterocycles. The molecule has 0 aliphatic rings. The first-order valence-corrected chi connectivity index (χ1v) is 5.28. The number of ether oxygens (including phenoxy) is 1. The Labute approximate surface area is 97.2 Å². The molecular formula is C12H21N3O. The van der Waals surface area contributed by atoms with E-state index in [4.69, 9.17) is 16.2 Å². The second-order valence-electron chi connectivity index (χ2n) is 4.79. The normalized spacial score (nSPS) is 11.8. The van der Waals surface area contributed by atoms with Gasteiger partial charge in [-0.05, 0) is 40.1 Å². The molecule has 0 aliphatic carbocycles. The molecule has 0 bridgehead atoms. The van der Waals surface area contributed by atoms with E-state index >= 15 is 0 Å². The van der Waals surface area contributed by atoms with Crippen LogP contribution in [0.2, 0.25) is 0 Å². The predicted molar refractivity (Wildman–Crippen MR) is 68.5 cm³/mol. The zero-order valence-electron chi connectivity index (χ0n) is 10.4. The molecule has 0 saturated heterocycles. The van der Waals surface area contributed by atoms with Crippen molar-refractivity contribution in [1.29, 1.82) is 0 Å². The summed E-state index contributed by atoms with van der Waals surface area (Å²) in [6.07, 6.45) is 0. The van der Waals surface area contributed by atoms with Gasteiger partial charge in [0.2, 0.25) is 0 Å². The standard InChI is InChI=1S/C12H21N3O/c1-12(2,15(3)4)8-16-9-5-6-10(13)11(14)7-9/h5-7H,8,13-14H2,1-4H3. The van der Waals surface area contributed by atoms with Gasteiger partial charge in [0.1, 0.15) is 12.4 Å². The van der Waals surface area contributed by atoms with Gasteiger partial charge in [-0.3, -0.25) is 0 Å². The zero-order chi connectivity index (χ0) is 12.3. The first-order chi connectivity index (χ1) is 7.33. The van der Waals surface area contributed by atoms with Crippen molar-refractivity contribution >= 4 is 11.4 Å². The van der Waals surface area contributed by atoms with E-state index in [9.17, 15) is 0 Å². The van der Waals surface area contributed by atoms with Crippen LogP contribution in [0.15, 0.2) is 18.2 Å². The van der Waals surface area contributed by atoms with E-state index in [1.54, 1.807) is 12.1 Å². The number of benzene rings is 1. The van der Waals surface area contributed by atoms with Crippen molar-refractivity contribution in [3.05, 3.63) is 18.2 Å². The van der Waals surface area contributed by atoms with Crippen molar-refractivity contribution in [1.82, 2.24) is 4.90 Å². The summed E-state index contributed by atoms with van der Waals surface area (Å²) in [4.78, 5) is 2.12. The fourth-order valence-electron chi connectivity index (χ4n) is 1.03. The van der Waals surface area contributed by atoms with Gasteiger partial charge >= 0.3 is 0 Å². The van der Waals surface area contributed by atoms with Crippen LogP contribution < -0.4 is 16.2 Å². The average molecular weight is 223 g/mol. The highest BCUT2D eigenvalue weighted by Crippen LogP contribution is 2.22. The molecule has 0 spiro atoms. The SMILES string of the molecule is CN(C)C(C)(C)COc1ccc(N)c(N)c1. The Bertz CT molecular complexity index is 361. The van der Waals surface area contributed by atoms with Crippen LogP contribution in [0.4, 0.5) is 11.4 Å². The summed E-state index contributed by atoms with van der Waals surface area (Å²) < 4.78 is 5.69. The van der Waals surface area contributed by atoms with Crippen LogP contribution in [-0.2, 0) is 0 Å². The summed E-state index contributed by atoms with van der Waals surface area (Å²) in [5.41, 5.74) is 12.5. The predicted octanol–water partition coefficient (Wildman–Crippen LogP) is 1.57. The summed E-state index contributed by atoms with van der Waals surface area (Å²) in [5.74, 6) is 0.752. The molecule has 0 atom stereocenters. The minimum atomic E-state index is -0.0177.